The molecule has 31 heavy (non-hydrogen) atoms. The van der Waals surface area contributed by atoms with E-state index in [1.165, 1.54) is 11.3 Å². The number of rotatable bonds is 2. The molecule has 9 heteroatoms. The van der Waals surface area contributed by atoms with Gasteiger partial charge in [-0.3, -0.25) is 10.1 Å². The SMILES string of the molecule is C[C@@H]1OCC2(CCN(c3cnc4c(N5CCc6ncccc6C5)n[nH]c4n3)CC2)[C@@H]1N. The number of hydrogen-bond acceptors (Lipinski definition) is 8. The molecule has 162 valence electrons. The standard InChI is InChI=1S/C22H28N8O/c1-14-19(23)22(13-31-14)5-9-29(10-6-22)17-11-25-18-20(26-17)27-28-21(18)30-8-4-16-15(12-30)3-2-7-24-16/h2-3,7,11,14,19H,4-6,8-10,12-13,23H2,1H3,(H,26,27,28)/t14-,19+/m0/s1. The second-order valence-electron chi connectivity index (χ2n) is 9.14. The van der Waals surface area contributed by atoms with E-state index in [4.69, 9.17) is 20.4 Å². The Morgan fingerprint density at radius 2 is 2.06 bits per heavy atom. The molecule has 0 unspecified atom stereocenters. The molecule has 0 radical (unpaired) electrons. The fraction of sp³-hybridized carbons (Fsp3) is 0.545. The Kier molecular flexibility index (Phi) is 4.36. The van der Waals surface area contributed by atoms with Crippen molar-refractivity contribution in [2.24, 2.45) is 11.1 Å². The molecule has 2 atom stereocenters. The summed E-state index contributed by atoms with van der Waals surface area (Å²) in [5.74, 6) is 1.76. The average Bonchev–Trinajstić information content (AvgIpc) is 3.36. The second-order valence-corrected chi connectivity index (χ2v) is 9.14. The summed E-state index contributed by atoms with van der Waals surface area (Å²) in [6.45, 7) is 6.36. The van der Waals surface area contributed by atoms with E-state index >= 15 is 0 Å². The van der Waals surface area contributed by atoms with Crippen LogP contribution in [0.25, 0.3) is 11.2 Å². The quantitative estimate of drug-likeness (QED) is 0.644. The third-order valence-corrected chi connectivity index (χ3v) is 7.43. The number of piperidine rings is 1. The van der Waals surface area contributed by atoms with Crippen LogP contribution in [0.4, 0.5) is 11.6 Å². The van der Waals surface area contributed by atoms with Crippen LogP contribution in [0, 0.1) is 5.41 Å². The number of nitrogens with one attached hydrogen (secondary N) is 1. The summed E-state index contributed by atoms with van der Waals surface area (Å²) < 4.78 is 5.85. The Morgan fingerprint density at radius 1 is 1.19 bits per heavy atom. The first-order chi connectivity index (χ1) is 15.1. The van der Waals surface area contributed by atoms with Crippen LogP contribution in [0.2, 0.25) is 0 Å². The van der Waals surface area contributed by atoms with Gasteiger partial charge >= 0.3 is 0 Å². The van der Waals surface area contributed by atoms with Crippen LogP contribution in [0.1, 0.15) is 31.0 Å². The monoisotopic (exact) mass is 420 g/mol. The van der Waals surface area contributed by atoms with E-state index in [9.17, 15) is 0 Å². The molecular formula is C22H28N8O. The van der Waals surface area contributed by atoms with Crippen LogP contribution in [-0.4, -0.2) is 63.5 Å². The molecule has 6 rings (SSSR count). The minimum absolute atomic E-state index is 0.105. The lowest BCUT2D eigenvalue weighted by atomic mass is 9.73. The molecule has 3 aliphatic rings. The van der Waals surface area contributed by atoms with Gasteiger partial charge in [0.2, 0.25) is 0 Å². The molecule has 3 aromatic heterocycles. The smallest absolute Gasteiger partial charge is 0.179 e. The minimum atomic E-state index is 0.105. The van der Waals surface area contributed by atoms with Gasteiger partial charge in [0.1, 0.15) is 5.82 Å². The third-order valence-electron chi connectivity index (χ3n) is 7.43. The number of pyridine rings is 1. The molecule has 3 aromatic rings. The van der Waals surface area contributed by atoms with E-state index in [2.05, 4.69) is 38.0 Å². The number of H-pyrrole nitrogens is 1. The summed E-state index contributed by atoms with van der Waals surface area (Å²) in [5, 5.41) is 7.66. The number of nitrogens with two attached hydrogens (primary N) is 1. The van der Waals surface area contributed by atoms with E-state index in [0.717, 1.165) is 74.8 Å². The van der Waals surface area contributed by atoms with E-state index in [-0.39, 0.29) is 17.6 Å². The second kappa shape index (κ2) is 7.13. The highest BCUT2D eigenvalue weighted by Crippen LogP contribution is 2.41. The molecule has 3 aliphatic heterocycles. The lowest BCUT2D eigenvalue weighted by Gasteiger charge is -2.41. The van der Waals surface area contributed by atoms with Crippen molar-refractivity contribution >= 4 is 22.8 Å². The number of ether oxygens (including phenoxy) is 1. The largest absolute Gasteiger partial charge is 0.376 e. The molecule has 0 saturated carbocycles. The normalized spacial score (nSPS) is 25.4. The molecule has 2 saturated heterocycles. The van der Waals surface area contributed by atoms with Crippen LogP contribution >= 0.6 is 0 Å². The maximum atomic E-state index is 6.46. The molecule has 3 N–H and O–H groups in total. The summed E-state index contributed by atoms with van der Waals surface area (Å²) in [5.41, 5.74) is 10.5. The number of hydrogen-bond donors (Lipinski definition) is 2. The van der Waals surface area contributed by atoms with Crippen molar-refractivity contribution in [2.75, 3.05) is 36.0 Å². The summed E-state index contributed by atoms with van der Waals surface area (Å²) in [6.07, 6.45) is 6.84. The van der Waals surface area contributed by atoms with Gasteiger partial charge in [0, 0.05) is 55.9 Å². The maximum absolute atomic E-state index is 6.46. The first-order valence-corrected chi connectivity index (χ1v) is 11.1. The van der Waals surface area contributed by atoms with Gasteiger partial charge < -0.3 is 20.3 Å². The molecule has 0 amide bonds. The Morgan fingerprint density at radius 3 is 2.87 bits per heavy atom. The van der Waals surface area contributed by atoms with Gasteiger partial charge in [0.05, 0.1) is 18.9 Å². The third kappa shape index (κ3) is 3.06. The van der Waals surface area contributed by atoms with Crippen molar-refractivity contribution in [1.29, 1.82) is 0 Å². The van der Waals surface area contributed by atoms with Crippen LogP contribution in [0.15, 0.2) is 24.5 Å². The Hall–Kier alpha value is -2.78. The Balaban J connectivity index is 1.20. The van der Waals surface area contributed by atoms with Crippen LogP contribution in [-0.2, 0) is 17.7 Å². The topological polar surface area (TPSA) is 109 Å². The predicted octanol–water partition coefficient (Wildman–Crippen LogP) is 1.64. The zero-order chi connectivity index (χ0) is 21.0. The zero-order valence-corrected chi connectivity index (χ0v) is 17.8. The Bertz CT molecular complexity index is 1110. The lowest BCUT2D eigenvalue weighted by Crippen LogP contribution is -2.50. The fourth-order valence-electron chi connectivity index (χ4n) is 5.35. The Labute approximate surface area is 181 Å². The minimum Gasteiger partial charge on any atom is -0.376 e. The lowest BCUT2D eigenvalue weighted by molar-refractivity contribution is 0.0974. The van der Waals surface area contributed by atoms with Crippen molar-refractivity contribution < 1.29 is 4.74 Å². The van der Waals surface area contributed by atoms with Gasteiger partial charge in [0.15, 0.2) is 17.0 Å². The number of aromatic amines is 1. The first kappa shape index (κ1) is 18.9. The molecule has 1 spiro atoms. The van der Waals surface area contributed by atoms with E-state index in [0.29, 0.717) is 0 Å². The summed E-state index contributed by atoms with van der Waals surface area (Å²) in [7, 11) is 0. The highest BCUT2D eigenvalue weighted by atomic mass is 16.5. The molecular weight excluding hydrogens is 392 g/mol. The summed E-state index contributed by atoms with van der Waals surface area (Å²) >= 11 is 0. The number of anilines is 2. The van der Waals surface area contributed by atoms with Crippen molar-refractivity contribution in [2.45, 2.75) is 44.9 Å². The van der Waals surface area contributed by atoms with Crippen molar-refractivity contribution in [3.05, 3.63) is 35.8 Å². The van der Waals surface area contributed by atoms with Crippen molar-refractivity contribution in [3.63, 3.8) is 0 Å². The zero-order valence-electron chi connectivity index (χ0n) is 17.8. The molecule has 0 aromatic carbocycles. The van der Waals surface area contributed by atoms with Gasteiger partial charge in [-0.2, -0.15) is 5.10 Å². The maximum Gasteiger partial charge on any atom is 0.179 e. The number of fused-ring (bicyclic) bond motifs is 2. The van der Waals surface area contributed by atoms with E-state index in [1.807, 2.05) is 18.5 Å². The first-order valence-electron chi connectivity index (χ1n) is 11.1. The van der Waals surface area contributed by atoms with Crippen molar-refractivity contribution in [3.8, 4) is 0 Å². The van der Waals surface area contributed by atoms with Crippen LogP contribution in [0.5, 0.6) is 0 Å². The van der Waals surface area contributed by atoms with Crippen molar-refractivity contribution in [1.82, 2.24) is 25.1 Å². The van der Waals surface area contributed by atoms with Crippen LogP contribution < -0.4 is 15.5 Å². The molecule has 0 aliphatic carbocycles. The summed E-state index contributed by atoms with van der Waals surface area (Å²) in [4.78, 5) is 18.7. The van der Waals surface area contributed by atoms with Crippen LogP contribution in [0.3, 0.4) is 0 Å². The molecule has 6 heterocycles. The van der Waals surface area contributed by atoms with Gasteiger partial charge in [-0.15, -0.1) is 0 Å². The van der Waals surface area contributed by atoms with Gasteiger partial charge in [-0.05, 0) is 31.4 Å². The number of nitrogens with zero attached hydrogens (tertiary/aromatic N) is 6. The van der Waals surface area contributed by atoms with E-state index < -0.39 is 0 Å². The summed E-state index contributed by atoms with van der Waals surface area (Å²) in [6, 6.07) is 4.24. The van der Waals surface area contributed by atoms with Gasteiger partial charge in [-0.25, -0.2) is 9.97 Å². The van der Waals surface area contributed by atoms with E-state index in [1.54, 1.807) is 0 Å². The molecule has 2 fully saturated rings. The molecule has 9 nitrogen and oxygen atoms in total. The number of aromatic nitrogens is 5. The van der Waals surface area contributed by atoms with Gasteiger partial charge in [-0.1, -0.05) is 6.07 Å². The highest BCUT2D eigenvalue weighted by Gasteiger charge is 2.47. The van der Waals surface area contributed by atoms with Gasteiger partial charge in [0.25, 0.3) is 0 Å². The highest BCUT2D eigenvalue weighted by molar-refractivity contribution is 5.84. The fourth-order valence-corrected chi connectivity index (χ4v) is 5.35. The average molecular weight is 421 g/mol. The molecule has 0 bridgehead atoms. The predicted molar refractivity (Wildman–Crippen MR) is 118 cm³/mol.